The van der Waals surface area contributed by atoms with Gasteiger partial charge in [-0.2, -0.15) is 0 Å². The molecule has 100 valence electrons. The maximum absolute atomic E-state index is 13.5. The van der Waals surface area contributed by atoms with Gasteiger partial charge in [-0.1, -0.05) is 0 Å². The van der Waals surface area contributed by atoms with E-state index in [0.717, 1.165) is 10.6 Å². The molecule has 0 saturated carbocycles. The molecule has 0 aliphatic heterocycles. The molecule has 0 aromatic heterocycles. The van der Waals surface area contributed by atoms with Crippen molar-refractivity contribution in [3.05, 3.63) is 60.7 Å². The van der Waals surface area contributed by atoms with Gasteiger partial charge in [0, 0.05) is 0 Å². The average Bonchev–Trinajstić information content (AvgIpc) is 2.39. The van der Waals surface area contributed by atoms with Crippen molar-refractivity contribution in [2.75, 3.05) is 0 Å². The second kappa shape index (κ2) is 5.82. The van der Waals surface area contributed by atoms with E-state index in [1.54, 1.807) is 0 Å². The Bertz CT molecular complexity index is 533. The Morgan fingerprint density at radius 2 is 1.16 bits per heavy atom. The van der Waals surface area contributed by atoms with Gasteiger partial charge in [-0.3, -0.25) is 0 Å². The third kappa shape index (κ3) is 3.71. The molecule has 2 nitrogen and oxygen atoms in total. The summed E-state index contributed by atoms with van der Waals surface area (Å²) in [5, 5.41) is 1.57. The van der Waals surface area contributed by atoms with Gasteiger partial charge in [-0.25, -0.2) is 0 Å². The van der Waals surface area contributed by atoms with E-state index in [1.165, 1.54) is 0 Å². The van der Waals surface area contributed by atoms with Crippen LogP contribution in [-0.2, 0) is 7.43 Å². The molecule has 2 aromatic carbocycles. The van der Waals surface area contributed by atoms with Gasteiger partial charge in [0.1, 0.15) is 0 Å². The molecule has 0 spiro atoms. The topological polar surface area (TPSA) is 26.3 Å². The Kier molecular flexibility index (Phi) is 4.54. The van der Waals surface area contributed by atoms with Crippen molar-refractivity contribution in [1.82, 2.24) is 0 Å². The van der Waals surface area contributed by atoms with Crippen LogP contribution < -0.4 is 10.6 Å². The monoisotopic (exact) mass is 382 g/mol. The zero-order valence-corrected chi connectivity index (χ0v) is 15.3. The van der Waals surface area contributed by atoms with Gasteiger partial charge in [-0.05, 0) is 0 Å². The molecule has 4 heteroatoms. The van der Waals surface area contributed by atoms with E-state index in [4.69, 9.17) is 2.86 Å². The Hall–Kier alpha value is -0.571. The Morgan fingerprint density at radius 3 is 1.47 bits per heavy atom. The first kappa shape index (κ1) is 14.8. The zero-order valence-electron chi connectivity index (χ0n) is 11.5. The van der Waals surface area contributed by atoms with Crippen LogP contribution in [0.25, 0.3) is 0 Å². The summed E-state index contributed by atoms with van der Waals surface area (Å²) in [5.74, 6) is 0. The molecule has 0 N–H and O–H groups in total. The summed E-state index contributed by atoms with van der Waals surface area (Å²) in [5.41, 5.74) is 0. The van der Waals surface area contributed by atoms with Gasteiger partial charge < -0.3 is 0 Å². The summed E-state index contributed by atoms with van der Waals surface area (Å²) in [7, 11) is -2.95. The van der Waals surface area contributed by atoms with Crippen LogP contribution in [-0.4, -0.2) is 18.8 Å². The number of benzene rings is 2. The summed E-state index contributed by atoms with van der Waals surface area (Å²) in [6.07, 6.45) is 0. The van der Waals surface area contributed by atoms with Crippen molar-refractivity contribution >= 4 is 36.8 Å². The first-order chi connectivity index (χ1) is 8.92. The van der Waals surface area contributed by atoms with Crippen molar-refractivity contribution < 1.29 is 7.43 Å². The number of hydrogen-bond acceptors (Lipinski definition) is 2. The normalized spacial score (nSPS) is 12.4. The van der Waals surface area contributed by atoms with Gasteiger partial charge in [0.2, 0.25) is 0 Å². The van der Waals surface area contributed by atoms with Gasteiger partial charge >= 0.3 is 120 Å². The first-order valence-electron chi connectivity index (χ1n) is 6.34. The fourth-order valence-electron chi connectivity index (χ4n) is 1.89. The molecular weight excluding hydrogens is 362 g/mol. The minimum atomic E-state index is -2.95. The van der Waals surface area contributed by atoms with Crippen molar-refractivity contribution in [3.8, 4) is 0 Å². The SMILES string of the molecule is [CH3][Sn]([CH3])([CH3])[O]P(=O)(c1ccccc1)c1ccccc1. The molecular formula is C15H19O2PSn. The Balaban J connectivity index is 2.55. The third-order valence-electron chi connectivity index (χ3n) is 2.59. The summed E-state index contributed by atoms with van der Waals surface area (Å²) < 4.78 is 19.6. The number of hydrogen-bond donors (Lipinski definition) is 0. The molecule has 0 aliphatic carbocycles. The molecule has 2 aromatic rings. The van der Waals surface area contributed by atoms with Gasteiger partial charge in [0.05, 0.1) is 0 Å². The fraction of sp³-hybridized carbons (Fsp3) is 0.200. The van der Waals surface area contributed by atoms with Gasteiger partial charge in [0.25, 0.3) is 0 Å². The molecule has 0 radical (unpaired) electrons. The molecule has 2 rings (SSSR count). The second-order valence-electron chi connectivity index (χ2n) is 5.43. The van der Waals surface area contributed by atoms with Crippen LogP contribution in [0.3, 0.4) is 0 Å². The molecule has 0 saturated heterocycles. The van der Waals surface area contributed by atoms with Crippen LogP contribution in [0.15, 0.2) is 60.7 Å². The molecule has 0 amide bonds. The van der Waals surface area contributed by atoms with Crippen LogP contribution >= 0.6 is 7.37 Å². The molecule has 0 heterocycles. The van der Waals surface area contributed by atoms with Gasteiger partial charge in [0.15, 0.2) is 0 Å². The van der Waals surface area contributed by atoms with Crippen LogP contribution in [0.5, 0.6) is 0 Å². The zero-order chi connectivity index (χ0) is 13.9. The van der Waals surface area contributed by atoms with Crippen molar-refractivity contribution in [1.29, 1.82) is 0 Å². The van der Waals surface area contributed by atoms with E-state index in [-0.39, 0.29) is 0 Å². The van der Waals surface area contributed by atoms with Crippen LogP contribution in [0.2, 0.25) is 14.8 Å². The maximum atomic E-state index is 13.5. The second-order valence-corrected chi connectivity index (χ2v) is 21.4. The van der Waals surface area contributed by atoms with Crippen LogP contribution in [0.1, 0.15) is 0 Å². The fourth-order valence-corrected chi connectivity index (χ4v) is 12.7. The van der Waals surface area contributed by atoms with Gasteiger partial charge in [-0.15, -0.1) is 0 Å². The van der Waals surface area contributed by atoms with Crippen molar-refractivity contribution in [2.45, 2.75) is 14.8 Å². The third-order valence-corrected chi connectivity index (χ3v) is 12.2. The van der Waals surface area contributed by atoms with Crippen molar-refractivity contribution in [2.24, 2.45) is 0 Å². The van der Waals surface area contributed by atoms with Crippen LogP contribution in [0, 0.1) is 0 Å². The molecule has 19 heavy (non-hydrogen) atoms. The predicted molar refractivity (Wildman–Crippen MR) is 84.2 cm³/mol. The summed E-state index contributed by atoms with van der Waals surface area (Å²) in [6, 6.07) is 19.1. The van der Waals surface area contributed by atoms with E-state index in [2.05, 4.69) is 14.8 Å². The summed E-state index contributed by atoms with van der Waals surface area (Å²) in [6.45, 7) is 0. The van der Waals surface area contributed by atoms with E-state index in [9.17, 15) is 4.57 Å². The van der Waals surface area contributed by atoms with E-state index in [1.807, 2.05) is 60.7 Å². The average molecular weight is 381 g/mol. The van der Waals surface area contributed by atoms with Crippen LogP contribution in [0.4, 0.5) is 0 Å². The van der Waals surface area contributed by atoms with Crippen molar-refractivity contribution in [3.63, 3.8) is 0 Å². The summed E-state index contributed by atoms with van der Waals surface area (Å²) in [4.78, 5) is 6.40. The molecule has 0 fully saturated rings. The quantitative estimate of drug-likeness (QED) is 0.596. The first-order valence-corrected chi connectivity index (χ1v) is 17.7. The van der Waals surface area contributed by atoms with E-state index >= 15 is 0 Å². The van der Waals surface area contributed by atoms with E-state index < -0.39 is 26.2 Å². The Morgan fingerprint density at radius 1 is 0.789 bits per heavy atom. The van der Waals surface area contributed by atoms with E-state index in [0.29, 0.717) is 0 Å². The molecule has 0 unspecified atom stereocenters. The molecule has 0 bridgehead atoms. The molecule has 0 aliphatic rings. The number of rotatable bonds is 4. The minimum absolute atomic E-state index is 0.785. The predicted octanol–water partition coefficient (Wildman–Crippen LogP) is 3.77. The Labute approximate surface area is 119 Å². The molecule has 0 atom stereocenters. The summed E-state index contributed by atoms with van der Waals surface area (Å²) >= 11 is -2.66. The standard InChI is InChI=1S/C12H11O2P.3CH3.Sn/c13-15(14,11-7-3-1-4-8-11)12-9-5-2-6-10-12;;;;/h1-10H,(H,13,14);3*1H3;/q;;;;+1/p-1.